The summed E-state index contributed by atoms with van der Waals surface area (Å²) in [5, 5.41) is 0. The monoisotopic (exact) mass is 237 g/mol. The first-order chi connectivity index (χ1) is 5.54. The topological polar surface area (TPSA) is 51.8 Å². The molecule has 0 radical (unpaired) electrons. The molecule has 1 rings (SSSR count). The molecular formula is C9H17Cl2N3. The van der Waals surface area contributed by atoms with E-state index in [2.05, 4.69) is 30.7 Å². The van der Waals surface area contributed by atoms with Crippen molar-refractivity contribution in [3.63, 3.8) is 0 Å². The number of halogens is 2. The smallest absolute Gasteiger partial charge is 0.141 e. The van der Waals surface area contributed by atoms with Crippen molar-refractivity contribution in [2.45, 2.75) is 32.7 Å². The lowest BCUT2D eigenvalue weighted by atomic mass is 9.89. The molecule has 5 heteroatoms. The first-order valence-corrected chi connectivity index (χ1v) is 4.05. The Morgan fingerprint density at radius 3 is 1.86 bits per heavy atom. The quantitative estimate of drug-likeness (QED) is 0.814. The van der Waals surface area contributed by atoms with Crippen LogP contribution in [0.5, 0.6) is 0 Å². The van der Waals surface area contributed by atoms with Gasteiger partial charge < -0.3 is 5.73 Å². The molecule has 1 aromatic rings. The fraction of sp³-hybridized carbons (Fsp3) is 0.556. The average Bonchev–Trinajstić information content (AvgIpc) is 2.03. The second kappa shape index (κ2) is 6.17. The van der Waals surface area contributed by atoms with Crippen LogP contribution < -0.4 is 5.73 Å². The Hall–Kier alpha value is -0.380. The number of aromatic nitrogens is 2. The SMILES string of the molecule is CC(C)(C)c1cnc(CN)nc1.Cl.Cl. The molecule has 0 unspecified atom stereocenters. The summed E-state index contributed by atoms with van der Waals surface area (Å²) in [5.41, 5.74) is 6.64. The van der Waals surface area contributed by atoms with Gasteiger partial charge in [-0.1, -0.05) is 20.8 Å². The van der Waals surface area contributed by atoms with E-state index in [9.17, 15) is 0 Å². The van der Waals surface area contributed by atoms with Crippen LogP contribution in [-0.4, -0.2) is 9.97 Å². The second-order valence-corrected chi connectivity index (χ2v) is 3.84. The van der Waals surface area contributed by atoms with Crippen molar-refractivity contribution in [3.05, 3.63) is 23.8 Å². The van der Waals surface area contributed by atoms with Crippen LogP contribution in [0.3, 0.4) is 0 Å². The van der Waals surface area contributed by atoms with Crippen LogP contribution in [-0.2, 0) is 12.0 Å². The van der Waals surface area contributed by atoms with Gasteiger partial charge in [-0.25, -0.2) is 9.97 Å². The molecule has 0 atom stereocenters. The highest BCUT2D eigenvalue weighted by molar-refractivity contribution is 5.85. The summed E-state index contributed by atoms with van der Waals surface area (Å²) >= 11 is 0. The molecule has 2 N–H and O–H groups in total. The number of rotatable bonds is 1. The van der Waals surface area contributed by atoms with Gasteiger partial charge in [-0.05, 0) is 11.0 Å². The predicted octanol–water partition coefficient (Wildman–Crippen LogP) is 2.08. The second-order valence-electron chi connectivity index (χ2n) is 3.84. The highest BCUT2D eigenvalue weighted by Gasteiger charge is 2.13. The lowest BCUT2D eigenvalue weighted by Crippen LogP contribution is -2.13. The highest BCUT2D eigenvalue weighted by Crippen LogP contribution is 2.19. The molecule has 0 aliphatic carbocycles. The van der Waals surface area contributed by atoms with E-state index in [1.54, 1.807) is 0 Å². The summed E-state index contributed by atoms with van der Waals surface area (Å²) in [5.74, 6) is 0.697. The number of nitrogens with two attached hydrogens (primary N) is 1. The van der Waals surface area contributed by atoms with E-state index in [-0.39, 0.29) is 30.2 Å². The standard InChI is InChI=1S/C9H15N3.2ClH/c1-9(2,3)7-5-11-8(4-10)12-6-7;;/h5-6H,4,10H2,1-3H3;2*1H. The van der Waals surface area contributed by atoms with Crippen molar-refractivity contribution >= 4 is 24.8 Å². The summed E-state index contributed by atoms with van der Waals surface area (Å²) in [6, 6.07) is 0. The van der Waals surface area contributed by atoms with Crippen molar-refractivity contribution in [3.8, 4) is 0 Å². The highest BCUT2D eigenvalue weighted by atomic mass is 35.5. The minimum Gasteiger partial charge on any atom is -0.324 e. The maximum Gasteiger partial charge on any atom is 0.141 e. The summed E-state index contributed by atoms with van der Waals surface area (Å²) in [4.78, 5) is 8.26. The van der Waals surface area contributed by atoms with Gasteiger partial charge in [0.05, 0.1) is 6.54 Å². The summed E-state index contributed by atoms with van der Waals surface area (Å²) in [6.45, 7) is 6.81. The van der Waals surface area contributed by atoms with Gasteiger partial charge in [-0.3, -0.25) is 0 Å². The van der Waals surface area contributed by atoms with E-state index in [0.29, 0.717) is 12.4 Å². The molecule has 14 heavy (non-hydrogen) atoms. The minimum absolute atomic E-state index is 0. The third kappa shape index (κ3) is 4.22. The van der Waals surface area contributed by atoms with E-state index in [1.807, 2.05) is 12.4 Å². The zero-order chi connectivity index (χ0) is 9.19. The normalized spacial score (nSPS) is 10.0. The molecule has 1 heterocycles. The molecular weight excluding hydrogens is 221 g/mol. The molecule has 0 spiro atoms. The summed E-state index contributed by atoms with van der Waals surface area (Å²) in [6.07, 6.45) is 3.68. The Bertz CT molecular complexity index is 254. The lowest BCUT2D eigenvalue weighted by Gasteiger charge is -2.17. The molecule has 1 aromatic heterocycles. The number of nitrogens with zero attached hydrogens (tertiary/aromatic N) is 2. The van der Waals surface area contributed by atoms with Crippen molar-refractivity contribution in [2.24, 2.45) is 5.73 Å². The van der Waals surface area contributed by atoms with Crippen LogP contribution in [0.2, 0.25) is 0 Å². The molecule has 0 amide bonds. The molecule has 0 fully saturated rings. The largest absolute Gasteiger partial charge is 0.324 e. The number of hydrogen-bond donors (Lipinski definition) is 1. The Kier molecular flexibility index (Phi) is 7.08. The van der Waals surface area contributed by atoms with E-state index in [1.165, 1.54) is 0 Å². The zero-order valence-corrected chi connectivity index (χ0v) is 10.3. The Morgan fingerprint density at radius 1 is 1.14 bits per heavy atom. The molecule has 0 aliphatic heterocycles. The van der Waals surface area contributed by atoms with Gasteiger partial charge in [0.25, 0.3) is 0 Å². The van der Waals surface area contributed by atoms with Gasteiger partial charge in [0.1, 0.15) is 5.82 Å². The average molecular weight is 238 g/mol. The molecule has 0 bridgehead atoms. The Morgan fingerprint density at radius 2 is 1.57 bits per heavy atom. The fourth-order valence-electron chi connectivity index (χ4n) is 0.847. The van der Waals surface area contributed by atoms with Crippen LogP contribution in [0.4, 0.5) is 0 Å². The van der Waals surface area contributed by atoms with Crippen molar-refractivity contribution in [1.29, 1.82) is 0 Å². The van der Waals surface area contributed by atoms with Crippen LogP contribution >= 0.6 is 24.8 Å². The van der Waals surface area contributed by atoms with Gasteiger partial charge in [0.15, 0.2) is 0 Å². The van der Waals surface area contributed by atoms with Crippen molar-refractivity contribution < 1.29 is 0 Å². The van der Waals surface area contributed by atoms with E-state index >= 15 is 0 Å². The minimum atomic E-state index is 0. The fourth-order valence-corrected chi connectivity index (χ4v) is 0.847. The third-order valence-corrected chi connectivity index (χ3v) is 1.75. The molecule has 0 saturated carbocycles. The van der Waals surface area contributed by atoms with Crippen LogP contribution in [0.25, 0.3) is 0 Å². The lowest BCUT2D eigenvalue weighted by molar-refractivity contribution is 0.582. The van der Waals surface area contributed by atoms with E-state index < -0.39 is 0 Å². The van der Waals surface area contributed by atoms with E-state index in [0.717, 1.165) is 5.56 Å². The van der Waals surface area contributed by atoms with Gasteiger partial charge in [-0.15, -0.1) is 24.8 Å². The van der Waals surface area contributed by atoms with Gasteiger partial charge in [-0.2, -0.15) is 0 Å². The van der Waals surface area contributed by atoms with Crippen LogP contribution in [0.15, 0.2) is 12.4 Å². The molecule has 0 aromatic carbocycles. The van der Waals surface area contributed by atoms with Gasteiger partial charge in [0.2, 0.25) is 0 Å². The first-order valence-electron chi connectivity index (χ1n) is 4.05. The van der Waals surface area contributed by atoms with Crippen molar-refractivity contribution in [2.75, 3.05) is 0 Å². The Labute approximate surface area is 97.3 Å². The van der Waals surface area contributed by atoms with Crippen LogP contribution in [0, 0.1) is 0 Å². The molecule has 82 valence electrons. The van der Waals surface area contributed by atoms with E-state index in [4.69, 9.17) is 5.73 Å². The maximum absolute atomic E-state index is 5.38. The maximum atomic E-state index is 5.38. The zero-order valence-electron chi connectivity index (χ0n) is 8.65. The van der Waals surface area contributed by atoms with Gasteiger partial charge >= 0.3 is 0 Å². The number of hydrogen-bond acceptors (Lipinski definition) is 3. The predicted molar refractivity (Wildman–Crippen MR) is 63.1 cm³/mol. The molecule has 0 aliphatic rings. The summed E-state index contributed by atoms with van der Waals surface area (Å²) < 4.78 is 0. The molecule has 3 nitrogen and oxygen atoms in total. The third-order valence-electron chi connectivity index (χ3n) is 1.75. The first kappa shape index (κ1) is 16.1. The molecule has 0 saturated heterocycles. The Balaban J connectivity index is 0. The summed E-state index contributed by atoms with van der Waals surface area (Å²) in [7, 11) is 0. The van der Waals surface area contributed by atoms with Crippen LogP contribution in [0.1, 0.15) is 32.2 Å². The van der Waals surface area contributed by atoms with Crippen molar-refractivity contribution in [1.82, 2.24) is 9.97 Å². The van der Waals surface area contributed by atoms with Gasteiger partial charge in [0, 0.05) is 12.4 Å².